The molecule has 1 aliphatic rings. The van der Waals surface area contributed by atoms with E-state index in [9.17, 15) is 4.39 Å². The van der Waals surface area contributed by atoms with Gasteiger partial charge < -0.3 is 14.8 Å². The summed E-state index contributed by atoms with van der Waals surface area (Å²) in [5, 5.41) is 3.75. The van der Waals surface area contributed by atoms with E-state index in [1.807, 2.05) is 0 Å². The van der Waals surface area contributed by atoms with Gasteiger partial charge in [0.25, 0.3) is 0 Å². The molecule has 1 heterocycles. The molecule has 1 N–H and O–H groups in total. The molecule has 2 aromatic carbocycles. The summed E-state index contributed by atoms with van der Waals surface area (Å²) in [5.74, 6) is 1.03. The van der Waals surface area contributed by atoms with Gasteiger partial charge in [-0.05, 0) is 33.6 Å². The van der Waals surface area contributed by atoms with Crippen LogP contribution < -0.4 is 14.8 Å². The van der Waals surface area contributed by atoms with Crippen LogP contribution in [-0.4, -0.2) is 6.79 Å². The second-order valence-electron chi connectivity index (χ2n) is 4.29. The molecule has 2 aromatic rings. The van der Waals surface area contributed by atoms with Gasteiger partial charge in [-0.25, -0.2) is 4.39 Å². The molecule has 0 atom stereocenters. The molecule has 0 bridgehead atoms. The minimum absolute atomic E-state index is 0.208. The fourth-order valence-corrected chi connectivity index (χ4v) is 2.55. The average Bonchev–Trinajstić information content (AvgIpc) is 2.87. The lowest BCUT2D eigenvalue weighted by Gasteiger charge is -2.10. The van der Waals surface area contributed by atoms with E-state index in [-0.39, 0.29) is 12.6 Å². The minimum Gasteiger partial charge on any atom is -0.454 e. The molecule has 0 spiro atoms. The summed E-state index contributed by atoms with van der Waals surface area (Å²) >= 11 is 9.33. The van der Waals surface area contributed by atoms with Crippen LogP contribution in [0.4, 0.5) is 10.1 Å². The monoisotopic (exact) mass is 357 g/mol. The standard InChI is InChI=1S/C14H10BrClFNO2/c15-9-3-8(1-2-11(9)17)6-18-12-5-14-13(4-10(12)16)19-7-20-14/h1-5,18H,6-7H2. The van der Waals surface area contributed by atoms with E-state index in [0.29, 0.717) is 27.5 Å². The molecule has 0 saturated heterocycles. The van der Waals surface area contributed by atoms with E-state index < -0.39 is 0 Å². The molecule has 20 heavy (non-hydrogen) atoms. The van der Waals surface area contributed by atoms with Crippen LogP contribution in [-0.2, 0) is 6.54 Å². The van der Waals surface area contributed by atoms with E-state index in [4.69, 9.17) is 21.1 Å². The van der Waals surface area contributed by atoms with Gasteiger partial charge in [0.15, 0.2) is 11.5 Å². The highest BCUT2D eigenvalue weighted by Gasteiger charge is 2.16. The Morgan fingerprint density at radius 3 is 2.70 bits per heavy atom. The summed E-state index contributed by atoms with van der Waals surface area (Å²) in [6.45, 7) is 0.734. The van der Waals surface area contributed by atoms with Crippen molar-refractivity contribution < 1.29 is 13.9 Å². The third-order valence-electron chi connectivity index (χ3n) is 2.93. The summed E-state index contributed by atoms with van der Waals surface area (Å²) in [7, 11) is 0. The van der Waals surface area contributed by atoms with E-state index in [1.54, 1.807) is 24.3 Å². The van der Waals surface area contributed by atoms with Crippen LogP contribution in [0.3, 0.4) is 0 Å². The zero-order chi connectivity index (χ0) is 14.1. The van der Waals surface area contributed by atoms with Gasteiger partial charge >= 0.3 is 0 Å². The number of hydrogen-bond acceptors (Lipinski definition) is 3. The van der Waals surface area contributed by atoms with Crippen molar-refractivity contribution in [3.63, 3.8) is 0 Å². The van der Waals surface area contributed by atoms with Gasteiger partial charge in [0.2, 0.25) is 6.79 Å². The largest absolute Gasteiger partial charge is 0.454 e. The molecule has 0 unspecified atom stereocenters. The lowest BCUT2D eigenvalue weighted by atomic mass is 10.2. The van der Waals surface area contributed by atoms with Gasteiger partial charge in [-0.3, -0.25) is 0 Å². The Bertz CT molecular complexity index is 666. The Morgan fingerprint density at radius 2 is 1.95 bits per heavy atom. The number of ether oxygens (including phenoxy) is 2. The number of fused-ring (bicyclic) bond motifs is 1. The van der Waals surface area contributed by atoms with E-state index in [2.05, 4.69) is 21.2 Å². The molecule has 0 aromatic heterocycles. The minimum atomic E-state index is -0.283. The molecular formula is C14H10BrClFNO2. The van der Waals surface area contributed by atoms with Gasteiger partial charge in [0, 0.05) is 18.7 Å². The maximum Gasteiger partial charge on any atom is 0.231 e. The van der Waals surface area contributed by atoms with Crippen molar-refractivity contribution in [3.8, 4) is 11.5 Å². The molecule has 0 radical (unpaired) electrons. The van der Waals surface area contributed by atoms with Crippen molar-refractivity contribution in [2.24, 2.45) is 0 Å². The Labute approximate surface area is 128 Å². The molecule has 1 aliphatic heterocycles. The molecule has 6 heteroatoms. The summed E-state index contributed by atoms with van der Waals surface area (Å²) in [4.78, 5) is 0. The highest BCUT2D eigenvalue weighted by Crippen LogP contribution is 2.39. The van der Waals surface area contributed by atoms with Crippen molar-refractivity contribution >= 4 is 33.2 Å². The van der Waals surface area contributed by atoms with Gasteiger partial charge in [0.05, 0.1) is 15.2 Å². The highest BCUT2D eigenvalue weighted by molar-refractivity contribution is 9.10. The van der Waals surface area contributed by atoms with Crippen molar-refractivity contribution in [2.75, 3.05) is 12.1 Å². The summed E-state index contributed by atoms with van der Waals surface area (Å²) < 4.78 is 24.1. The maximum absolute atomic E-state index is 13.2. The molecule has 104 valence electrons. The lowest BCUT2D eigenvalue weighted by Crippen LogP contribution is -2.00. The van der Waals surface area contributed by atoms with E-state index in [1.165, 1.54) is 6.07 Å². The number of hydrogen-bond donors (Lipinski definition) is 1. The van der Waals surface area contributed by atoms with Crippen LogP contribution in [0, 0.1) is 5.82 Å². The molecule has 0 fully saturated rings. The molecular weight excluding hydrogens is 349 g/mol. The predicted molar refractivity (Wildman–Crippen MR) is 79.0 cm³/mol. The fraction of sp³-hybridized carbons (Fsp3) is 0.143. The second-order valence-corrected chi connectivity index (χ2v) is 5.55. The molecule has 3 rings (SSSR count). The van der Waals surface area contributed by atoms with Crippen LogP contribution in [0.1, 0.15) is 5.56 Å². The van der Waals surface area contributed by atoms with Gasteiger partial charge in [0.1, 0.15) is 5.82 Å². The number of rotatable bonds is 3. The summed E-state index contributed by atoms with van der Waals surface area (Å²) in [6.07, 6.45) is 0. The van der Waals surface area contributed by atoms with Crippen molar-refractivity contribution in [3.05, 3.63) is 51.2 Å². The molecule has 0 saturated carbocycles. The van der Waals surface area contributed by atoms with Crippen LogP contribution in [0.15, 0.2) is 34.8 Å². The second kappa shape index (κ2) is 5.50. The van der Waals surface area contributed by atoms with Gasteiger partial charge in [-0.1, -0.05) is 17.7 Å². The van der Waals surface area contributed by atoms with E-state index >= 15 is 0 Å². The zero-order valence-corrected chi connectivity index (χ0v) is 12.6. The molecule has 0 amide bonds. The number of benzene rings is 2. The van der Waals surface area contributed by atoms with Gasteiger partial charge in [-0.15, -0.1) is 0 Å². The number of nitrogens with one attached hydrogen (secondary N) is 1. The van der Waals surface area contributed by atoms with E-state index in [0.717, 1.165) is 11.3 Å². The highest BCUT2D eigenvalue weighted by atomic mass is 79.9. The first kappa shape index (κ1) is 13.5. The third-order valence-corrected chi connectivity index (χ3v) is 3.85. The predicted octanol–water partition coefficient (Wildman–Crippen LogP) is 4.58. The van der Waals surface area contributed by atoms with Crippen LogP contribution in [0.2, 0.25) is 5.02 Å². The quantitative estimate of drug-likeness (QED) is 0.871. The first-order valence-electron chi connectivity index (χ1n) is 5.90. The van der Waals surface area contributed by atoms with Gasteiger partial charge in [-0.2, -0.15) is 0 Å². The fourth-order valence-electron chi connectivity index (χ4n) is 1.90. The Hall–Kier alpha value is -1.46. The van der Waals surface area contributed by atoms with Crippen LogP contribution >= 0.6 is 27.5 Å². The average molecular weight is 359 g/mol. The van der Waals surface area contributed by atoms with Crippen LogP contribution in [0.5, 0.6) is 11.5 Å². The lowest BCUT2D eigenvalue weighted by molar-refractivity contribution is 0.174. The Kier molecular flexibility index (Phi) is 3.72. The number of anilines is 1. The van der Waals surface area contributed by atoms with Crippen molar-refractivity contribution in [2.45, 2.75) is 6.54 Å². The Morgan fingerprint density at radius 1 is 1.20 bits per heavy atom. The van der Waals surface area contributed by atoms with Crippen LogP contribution in [0.25, 0.3) is 0 Å². The smallest absolute Gasteiger partial charge is 0.231 e. The number of halogens is 3. The topological polar surface area (TPSA) is 30.5 Å². The third kappa shape index (κ3) is 2.69. The first-order valence-corrected chi connectivity index (χ1v) is 7.07. The Balaban J connectivity index is 1.76. The SMILES string of the molecule is Fc1ccc(CNc2cc3c(cc2Cl)OCO3)cc1Br. The first-order chi connectivity index (χ1) is 9.63. The summed E-state index contributed by atoms with van der Waals surface area (Å²) in [6, 6.07) is 8.37. The maximum atomic E-state index is 13.2. The zero-order valence-electron chi connectivity index (χ0n) is 10.3. The molecule has 3 nitrogen and oxygen atoms in total. The van der Waals surface area contributed by atoms with Crippen molar-refractivity contribution in [1.29, 1.82) is 0 Å². The normalized spacial score (nSPS) is 12.6. The van der Waals surface area contributed by atoms with Crippen molar-refractivity contribution in [1.82, 2.24) is 0 Å². The summed E-state index contributed by atoms with van der Waals surface area (Å²) in [5.41, 5.74) is 1.68. The molecule has 0 aliphatic carbocycles.